The number of benzene rings is 1. The number of nitrogens with one attached hydrogen (secondary N) is 1. The normalized spacial score (nSPS) is 22.3. The molecule has 2 aromatic heterocycles. The summed E-state index contributed by atoms with van der Waals surface area (Å²) in [4.78, 5) is 27.4. The van der Waals surface area contributed by atoms with Crippen LogP contribution in [-0.2, 0) is 4.79 Å². The average Bonchev–Trinajstić information content (AvgIpc) is 3.40. The summed E-state index contributed by atoms with van der Waals surface area (Å²) in [6, 6.07) is 5.49. The minimum absolute atomic E-state index is 0.112. The highest BCUT2D eigenvalue weighted by Crippen LogP contribution is 2.49. The van der Waals surface area contributed by atoms with Crippen LogP contribution in [0.3, 0.4) is 0 Å². The number of hydrogen-bond acceptors (Lipinski definition) is 7. The Morgan fingerprint density at radius 1 is 1.17 bits per heavy atom. The maximum absolute atomic E-state index is 13.1. The van der Waals surface area contributed by atoms with Crippen molar-refractivity contribution in [1.82, 2.24) is 25.1 Å². The van der Waals surface area contributed by atoms with E-state index in [1.54, 1.807) is 12.3 Å². The Bertz CT molecular complexity index is 1060. The lowest BCUT2D eigenvalue weighted by molar-refractivity contribution is -0.117. The summed E-state index contributed by atoms with van der Waals surface area (Å²) in [5, 5.41) is 11.0. The first kappa shape index (κ1) is 17.6. The molecule has 0 spiro atoms. The molecule has 2 fully saturated rings. The molecular formula is C20H18FN7O. The molecule has 29 heavy (non-hydrogen) atoms. The van der Waals surface area contributed by atoms with Crippen LogP contribution in [0.2, 0.25) is 0 Å². The van der Waals surface area contributed by atoms with Crippen LogP contribution < -0.4 is 10.2 Å². The minimum Gasteiger partial charge on any atom is -0.324 e. The zero-order valence-electron chi connectivity index (χ0n) is 15.7. The number of anilines is 2. The number of fused-ring (bicyclic) bond motifs is 1. The topological polar surface area (TPSA) is 96.8 Å². The first-order valence-corrected chi connectivity index (χ1v) is 9.41. The molecular weight excluding hydrogens is 373 g/mol. The first-order valence-electron chi connectivity index (χ1n) is 9.41. The summed E-state index contributed by atoms with van der Waals surface area (Å²) in [6.45, 7) is 1.92. The van der Waals surface area contributed by atoms with Gasteiger partial charge in [-0.1, -0.05) is 6.07 Å². The van der Waals surface area contributed by atoms with E-state index in [2.05, 4.69) is 30.5 Å². The molecule has 8 nitrogen and oxygen atoms in total. The van der Waals surface area contributed by atoms with Gasteiger partial charge in [-0.05, 0) is 43.4 Å². The molecule has 1 N–H and O–H groups in total. The van der Waals surface area contributed by atoms with Gasteiger partial charge in [-0.3, -0.25) is 4.79 Å². The van der Waals surface area contributed by atoms with Gasteiger partial charge in [0.15, 0.2) is 11.6 Å². The Morgan fingerprint density at radius 3 is 2.76 bits per heavy atom. The van der Waals surface area contributed by atoms with Crippen molar-refractivity contribution in [2.45, 2.75) is 31.8 Å². The fraction of sp³-hybridized carbons (Fsp3) is 0.300. The van der Waals surface area contributed by atoms with Crippen LogP contribution in [-0.4, -0.2) is 43.1 Å². The van der Waals surface area contributed by atoms with Crippen LogP contribution in [0.1, 0.15) is 18.4 Å². The minimum atomic E-state index is -0.492. The molecule has 0 unspecified atom stereocenters. The van der Waals surface area contributed by atoms with Crippen molar-refractivity contribution in [3.63, 3.8) is 0 Å². The van der Waals surface area contributed by atoms with Gasteiger partial charge < -0.3 is 10.2 Å². The van der Waals surface area contributed by atoms with E-state index in [4.69, 9.17) is 0 Å². The Hall–Kier alpha value is -3.49. The summed E-state index contributed by atoms with van der Waals surface area (Å²) < 4.78 is 13.1. The third kappa shape index (κ3) is 3.28. The largest absolute Gasteiger partial charge is 0.324 e. The van der Waals surface area contributed by atoms with Crippen molar-refractivity contribution in [3.8, 4) is 11.4 Å². The van der Waals surface area contributed by atoms with Crippen LogP contribution in [0, 0.1) is 18.7 Å². The molecule has 3 heterocycles. The van der Waals surface area contributed by atoms with Crippen molar-refractivity contribution in [1.29, 1.82) is 0 Å². The number of amides is 1. The van der Waals surface area contributed by atoms with Gasteiger partial charge in [0.05, 0.1) is 24.8 Å². The molecule has 1 aliphatic heterocycles. The zero-order valence-corrected chi connectivity index (χ0v) is 15.7. The van der Waals surface area contributed by atoms with E-state index in [9.17, 15) is 9.18 Å². The van der Waals surface area contributed by atoms with E-state index in [1.807, 2.05) is 24.0 Å². The third-order valence-electron chi connectivity index (χ3n) is 5.47. The average molecular weight is 391 g/mol. The van der Waals surface area contributed by atoms with Gasteiger partial charge in [0.2, 0.25) is 11.9 Å². The van der Waals surface area contributed by atoms with Crippen molar-refractivity contribution in [3.05, 3.63) is 54.4 Å². The Labute approximate surface area is 166 Å². The molecule has 1 saturated heterocycles. The third-order valence-corrected chi connectivity index (χ3v) is 5.47. The van der Waals surface area contributed by atoms with Gasteiger partial charge >= 0.3 is 0 Å². The highest BCUT2D eigenvalue weighted by molar-refractivity contribution is 5.98. The number of aryl methyl sites for hydroxylation is 1. The van der Waals surface area contributed by atoms with Gasteiger partial charge in [-0.15, -0.1) is 5.10 Å². The summed E-state index contributed by atoms with van der Waals surface area (Å²) in [6.07, 6.45) is 7.19. The fourth-order valence-corrected chi connectivity index (χ4v) is 3.95. The maximum atomic E-state index is 13.1. The Kier molecular flexibility index (Phi) is 4.15. The van der Waals surface area contributed by atoms with E-state index < -0.39 is 5.82 Å². The second-order valence-corrected chi connectivity index (χ2v) is 7.41. The van der Waals surface area contributed by atoms with Gasteiger partial charge in [0.25, 0.3) is 0 Å². The van der Waals surface area contributed by atoms with E-state index >= 15 is 0 Å². The van der Waals surface area contributed by atoms with E-state index in [0.717, 1.165) is 36.4 Å². The van der Waals surface area contributed by atoms with Crippen molar-refractivity contribution in [2.24, 2.45) is 5.92 Å². The standard InChI is InChI=1S/C20H18FN7O/c1-11-2-3-14(8-15(11)18-23-9-13(21)10-24-18)26-19(29)17-7-12-6-16(12)28(17)20-22-4-5-25-27-20/h2-5,8-10,12,16-17H,6-7H2,1H3,(H,26,29)/t12-,16-,17+/m1/s1. The van der Waals surface area contributed by atoms with Crippen LogP contribution in [0.15, 0.2) is 43.0 Å². The number of aromatic nitrogens is 5. The number of rotatable bonds is 4. The number of hydrogen-bond donors (Lipinski definition) is 1. The molecule has 5 rings (SSSR count). The highest BCUT2D eigenvalue weighted by Gasteiger charge is 2.55. The number of nitrogens with zero attached hydrogens (tertiary/aromatic N) is 6. The van der Waals surface area contributed by atoms with Crippen LogP contribution >= 0.6 is 0 Å². The van der Waals surface area contributed by atoms with Gasteiger partial charge in [0.1, 0.15) is 6.04 Å². The van der Waals surface area contributed by atoms with E-state index in [-0.39, 0.29) is 11.9 Å². The predicted octanol–water partition coefficient (Wildman–Crippen LogP) is 2.38. The quantitative estimate of drug-likeness (QED) is 0.729. The van der Waals surface area contributed by atoms with E-state index in [0.29, 0.717) is 29.4 Å². The summed E-state index contributed by atoms with van der Waals surface area (Å²) in [5.41, 5.74) is 2.31. The molecule has 0 bridgehead atoms. The maximum Gasteiger partial charge on any atom is 0.247 e. The highest BCUT2D eigenvalue weighted by atomic mass is 19.1. The van der Waals surface area contributed by atoms with Gasteiger partial charge in [0, 0.05) is 17.3 Å². The smallest absolute Gasteiger partial charge is 0.247 e. The lowest BCUT2D eigenvalue weighted by Crippen LogP contribution is -2.43. The first-order chi connectivity index (χ1) is 14.1. The summed E-state index contributed by atoms with van der Waals surface area (Å²) >= 11 is 0. The van der Waals surface area contributed by atoms with Crippen molar-refractivity contribution >= 4 is 17.5 Å². The lowest BCUT2D eigenvalue weighted by atomic mass is 10.1. The van der Waals surface area contributed by atoms with Crippen LogP contribution in [0.4, 0.5) is 16.0 Å². The molecule has 2 aliphatic rings. The molecule has 3 aromatic rings. The van der Waals surface area contributed by atoms with Gasteiger partial charge in [-0.2, -0.15) is 5.10 Å². The molecule has 1 saturated carbocycles. The fourth-order valence-electron chi connectivity index (χ4n) is 3.95. The van der Waals surface area contributed by atoms with Crippen molar-refractivity contribution in [2.75, 3.05) is 10.2 Å². The molecule has 3 atom stereocenters. The predicted molar refractivity (Wildman–Crippen MR) is 103 cm³/mol. The number of piperidine rings is 1. The second-order valence-electron chi connectivity index (χ2n) is 7.41. The second kappa shape index (κ2) is 6.84. The van der Waals surface area contributed by atoms with Crippen LogP contribution in [0.5, 0.6) is 0 Å². The molecule has 1 amide bonds. The van der Waals surface area contributed by atoms with E-state index in [1.165, 1.54) is 6.20 Å². The number of carbonyl (C=O) groups excluding carboxylic acids is 1. The molecule has 1 aliphatic carbocycles. The zero-order chi connectivity index (χ0) is 20.0. The lowest BCUT2D eigenvalue weighted by Gasteiger charge is -2.26. The molecule has 0 radical (unpaired) electrons. The van der Waals surface area contributed by atoms with Crippen molar-refractivity contribution < 1.29 is 9.18 Å². The summed E-state index contributed by atoms with van der Waals surface area (Å²) in [7, 11) is 0. The molecule has 9 heteroatoms. The monoisotopic (exact) mass is 391 g/mol. The Balaban J connectivity index is 1.38. The number of carbonyl (C=O) groups is 1. The van der Waals surface area contributed by atoms with Crippen LogP contribution in [0.25, 0.3) is 11.4 Å². The Morgan fingerprint density at radius 2 is 2.00 bits per heavy atom. The summed E-state index contributed by atoms with van der Waals surface area (Å²) in [5.74, 6) is 0.790. The molecule has 146 valence electrons. The number of halogens is 1. The SMILES string of the molecule is Cc1ccc(NC(=O)[C@@H]2C[C@H]3C[C@H]3N2c2nccnn2)cc1-c1ncc(F)cn1. The van der Waals surface area contributed by atoms with Gasteiger partial charge in [-0.25, -0.2) is 19.3 Å². The molecule has 1 aromatic carbocycles.